The van der Waals surface area contributed by atoms with E-state index in [1.54, 1.807) is 7.11 Å². The summed E-state index contributed by atoms with van der Waals surface area (Å²) >= 11 is 0. The van der Waals surface area contributed by atoms with Gasteiger partial charge in [-0.1, -0.05) is 13.8 Å². The van der Waals surface area contributed by atoms with Gasteiger partial charge in [0.2, 0.25) is 0 Å². The van der Waals surface area contributed by atoms with Crippen LogP contribution in [-0.4, -0.2) is 7.11 Å². The van der Waals surface area contributed by atoms with Crippen molar-refractivity contribution in [2.75, 3.05) is 7.11 Å². The van der Waals surface area contributed by atoms with E-state index in [9.17, 15) is 0 Å². The lowest BCUT2D eigenvalue weighted by molar-refractivity contribution is 0.237. The van der Waals surface area contributed by atoms with E-state index in [0.717, 1.165) is 12.3 Å². The van der Waals surface area contributed by atoms with Crippen LogP contribution in [0.1, 0.15) is 26.7 Å². The van der Waals surface area contributed by atoms with Crippen LogP contribution in [0.2, 0.25) is 0 Å². The summed E-state index contributed by atoms with van der Waals surface area (Å²) in [6.07, 6.45) is 4.67. The molecule has 1 nitrogen and oxygen atoms in total. The van der Waals surface area contributed by atoms with Crippen molar-refractivity contribution < 1.29 is 4.74 Å². The van der Waals surface area contributed by atoms with E-state index in [4.69, 9.17) is 4.74 Å². The van der Waals surface area contributed by atoms with Gasteiger partial charge in [0.1, 0.15) is 0 Å². The van der Waals surface area contributed by atoms with Crippen molar-refractivity contribution in [1.29, 1.82) is 0 Å². The molecule has 0 radical (unpaired) electrons. The number of hydrogen-bond donors (Lipinski definition) is 0. The molecule has 0 amide bonds. The van der Waals surface area contributed by atoms with E-state index in [1.165, 1.54) is 12.2 Å². The maximum atomic E-state index is 5.19. The maximum absolute atomic E-state index is 5.19. The largest absolute Gasteiger partial charge is 0.501 e. The molecule has 58 valence electrons. The summed E-state index contributed by atoms with van der Waals surface area (Å²) in [5.74, 6) is 2.68. The van der Waals surface area contributed by atoms with Gasteiger partial charge in [-0.3, -0.25) is 0 Å². The zero-order valence-electron chi connectivity index (χ0n) is 7.05. The molecule has 0 aliphatic heterocycles. The van der Waals surface area contributed by atoms with Crippen molar-refractivity contribution in [2.24, 2.45) is 11.8 Å². The van der Waals surface area contributed by atoms with Gasteiger partial charge >= 0.3 is 0 Å². The highest BCUT2D eigenvalue weighted by atomic mass is 16.5. The lowest BCUT2D eigenvalue weighted by Gasteiger charge is -2.22. The number of rotatable bonds is 1. The van der Waals surface area contributed by atoms with Crippen molar-refractivity contribution in [1.82, 2.24) is 0 Å². The fourth-order valence-electron chi connectivity index (χ4n) is 1.67. The van der Waals surface area contributed by atoms with Gasteiger partial charge in [-0.15, -0.1) is 0 Å². The Morgan fingerprint density at radius 2 is 2.20 bits per heavy atom. The highest BCUT2D eigenvalue weighted by Gasteiger charge is 2.15. The quantitative estimate of drug-likeness (QED) is 0.544. The summed E-state index contributed by atoms with van der Waals surface area (Å²) in [5, 5.41) is 0. The number of allylic oxidation sites excluding steroid dienone is 2. The van der Waals surface area contributed by atoms with Crippen LogP contribution < -0.4 is 0 Å². The molecule has 1 rings (SSSR count). The number of methoxy groups -OCH3 is 1. The van der Waals surface area contributed by atoms with Gasteiger partial charge in [-0.2, -0.15) is 0 Å². The predicted molar refractivity (Wildman–Crippen MR) is 42.7 cm³/mol. The van der Waals surface area contributed by atoms with Crippen molar-refractivity contribution in [3.63, 3.8) is 0 Å². The van der Waals surface area contributed by atoms with Crippen LogP contribution >= 0.6 is 0 Å². The minimum absolute atomic E-state index is 0.707. The molecule has 0 aromatic heterocycles. The topological polar surface area (TPSA) is 9.23 Å². The van der Waals surface area contributed by atoms with Crippen LogP contribution in [0, 0.1) is 11.8 Å². The summed E-state index contributed by atoms with van der Waals surface area (Å²) in [6.45, 7) is 4.53. The SMILES string of the molecule is COC1=CC(C)CC(C)C1. The fourth-order valence-corrected chi connectivity index (χ4v) is 1.67. The lowest BCUT2D eigenvalue weighted by Crippen LogP contribution is -2.10. The second-order valence-corrected chi connectivity index (χ2v) is 3.36. The third-order valence-electron chi connectivity index (χ3n) is 2.06. The van der Waals surface area contributed by atoms with E-state index in [2.05, 4.69) is 19.9 Å². The third-order valence-corrected chi connectivity index (χ3v) is 2.06. The molecule has 0 aromatic carbocycles. The molecule has 2 atom stereocenters. The maximum Gasteiger partial charge on any atom is 0.0921 e. The molecular formula is C9H16O. The smallest absolute Gasteiger partial charge is 0.0921 e. The first-order valence-corrected chi connectivity index (χ1v) is 3.97. The molecule has 0 heterocycles. The normalized spacial score (nSPS) is 33.3. The molecule has 0 saturated heterocycles. The fraction of sp³-hybridized carbons (Fsp3) is 0.778. The van der Waals surface area contributed by atoms with Gasteiger partial charge in [0.25, 0.3) is 0 Å². The molecule has 0 N–H and O–H groups in total. The Hall–Kier alpha value is -0.460. The van der Waals surface area contributed by atoms with Gasteiger partial charge in [0.15, 0.2) is 0 Å². The second kappa shape index (κ2) is 3.09. The third kappa shape index (κ3) is 1.76. The molecule has 1 heteroatoms. The molecule has 0 saturated carbocycles. The zero-order valence-corrected chi connectivity index (χ0v) is 7.05. The predicted octanol–water partition coefficient (Wildman–Crippen LogP) is 2.58. The van der Waals surface area contributed by atoms with Crippen LogP contribution in [0.15, 0.2) is 11.8 Å². The number of hydrogen-bond acceptors (Lipinski definition) is 1. The van der Waals surface area contributed by atoms with Gasteiger partial charge in [-0.25, -0.2) is 0 Å². The lowest BCUT2D eigenvalue weighted by atomic mass is 9.88. The van der Waals surface area contributed by atoms with Gasteiger partial charge < -0.3 is 4.74 Å². The van der Waals surface area contributed by atoms with Gasteiger partial charge in [0, 0.05) is 6.42 Å². The van der Waals surface area contributed by atoms with Crippen LogP contribution in [0.5, 0.6) is 0 Å². The van der Waals surface area contributed by atoms with E-state index in [1.807, 2.05) is 0 Å². The summed E-state index contributed by atoms with van der Waals surface area (Å²) in [6, 6.07) is 0. The molecule has 10 heavy (non-hydrogen) atoms. The van der Waals surface area contributed by atoms with Gasteiger partial charge in [0.05, 0.1) is 12.9 Å². The zero-order chi connectivity index (χ0) is 7.56. The molecule has 0 bridgehead atoms. The van der Waals surface area contributed by atoms with Crippen LogP contribution in [0.4, 0.5) is 0 Å². The minimum atomic E-state index is 0.707. The van der Waals surface area contributed by atoms with Gasteiger partial charge in [-0.05, 0) is 24.3 Å². The Morgan fingerprint density at radius 1 is 1.50 bits per heavy atom. The van der Waals surface area contributed by atoms with E-state index < -0.39 is 0 Å². The van der Waals surface area contributed by atoms with E-state index in [-0.39, 0.29) is 0 Å². The average molecular weight is 140 g/mol. The Kier molecular flexibility index (Phi) is 2.36. The molecular weight excluding hydrogens is 124 g/mol. The first-order valence-electron chi connectivity index (χ1n) is 3.97. The van der Waals surface area contributed by atoms with Crippen molar-refractivity contribution in [2.45, 2.75) is 26.7 Å². The summed E-state index contributed by atoms with van der Waals surface area (Å²) in [5.41, 5.74) is 0. The van der Waals surface area contributed by atoms with Crippen LogP contribution in [0.25, 0.3) is 0 Å². The Balaban J connectivity index is 2.56. The van der Waals surface area contributed by atoms with E-state index in [0.29, 0.717) is 5.92 Å². The van der Waals surface area contributed by atoms with Crippen LogP contribution in [0.3, 0.4) is 0 Å². The highest BCUT2D eigenvalue weighted by molar-refractivity contribution is 5.01. The molecule has 0 aromatic rings. The van der Waals surface area contributed by atoms with Crippen molar-refractivity contribution in [3.8, 4) is 0 Å². The summed E-state index contributed by atoms with van der Waals surface area (Å²) in [7, 11) is 1.76. The highest BCUT2D eigenvalue weighted by Crippen LogP contribution is 2.27. The Labute approximate surface area is 63.1 Å². The Morgan fingerprint density at radius 3 is 2.70 bits per heavy atom. The molecule has 1 aliphatic rings. The first-order chi connectivity index (χ1) is 4.72. The first kappa shape index (κ1) is 7.64. The molecule has 1 aliphatic carbocycles. The van der Waals surface area contributed by atoms with E-state index >= 15 is 0 Å². The van der Waals surface area contributed by atoms with Crippen molar-refractivity contribution >= 4 is 0 Å². The monoisotopic (exact) mass is 140 g/mol. The Bertz CT molecular complexity index is 138. The second-order valence-electron chi connectivity index (χ2n) is 3.36. The van der Waals surface area contributed by atoms with Crippen LogP contribution in [-0.2, 0) is 4.74 Å². The summed E-state index contributed by atoms with van der Waals surface area (Å²) in [4.78, 5) is 0. The van der Waals surface area contributed by atoms with Crippen molar-refractivity contribution in [3.05, 3.63) is 11.8 Å². The summed E-state index contributed by atoms with van der Waals surface area (Å²) < 4.78 is 5.19. The molecule has 0 spiro atoms. The average Bonchev–Trinajstić information content (AvgIpc) is 1.85. The number of ether oxygens (including phenoxy) is 1. The standard InChI is InChI=1S/C9H16O/c1-7-4-8(2)6-9(5-7)10-3/h5,7-8H,4,6H2,1-3H3. The molecule has 0 fully saturated rings. The molecule has 2 unspecified atom stereocenters. The minimum Gasteiger partial charge on any atom is -0.501 e.